The summed E-state index contributed by atoms with van der Waals surface area (Å²) in [6, 6.07) is 2.57. The van der Waals surface area contributed by atoms with E-state index in [0.717, 1.165) is 6.42 Å². The number of phenolic OH excluding ortho intramolecular Hbond substituents is 1. The van der Waals surface area contributed by atoms with Gasteiger partial charge in [0.25, 0.3) is 5.91 Å². The van der Waals surface area contributed by atoms with Crippen LogP contribution >= 0.6 is 0 Å². The number of ketones is 2. The van der Waals surface area contributed by atoms with Crippen molar-refractivity contribution in [2.75, 3.05) is 6.61 Å². The van der Waals surface area contributed by atoms with Gasteiger partial charge in [-0.3, -0.25) is 14.4 Å². The van der Waals surface area contributed by atoms with Crippen LogP contribution in [0.5, 0.6) is 5.75 Å². The minimum absolute atomic E-state index is 0.0110. The lowest BCUT2D eigenvalue weighted by Crippen LogP contribution is -2.58. The van der Waals surface area contributed by atoms with E-state index in [-0.39, 0.29) is 47.5 Å². The van der Waals surface area contributed by atoms with Crippen molar-refractivity contribution in [3.05, 3.63) is 45.7 Å². The number of aliphatic hydroxyl groups excluding tert-OH is 2. The third-order valence-corrected chi connectivity index (χ3v) is 6.90. The van der Waals surface area contributed by atoms with E-state index in [1.165, 1.54) is 12.1 Å². The monoisotopic (exact) mass is 471 g/mol. The Morgan fingerprint density at radius 3 is 2.53 bits per heavy atom. The Morgan fingerprint density at radius 1 is 1.18 bits per heavy atom. The maximum Gasteiger partial charge on any atom is 0.338 e. The number of esters is 1. The standard InChI is InChI=1S/C24H25NO9/c1-2-3-6-34-23(32)12-4-5-14(26)17-13(12)8-10-7-11-9-15(27)18(22(25)31)21(30)24(11,33)20(29)16(10)19(17)28/h4-5,10-11,26,28,30,33H,2-3,6-9H2,1H3,(H2,25,31)/t10-,11+,24+/m1/s1. The molecule has 1 amide bonds. The maximum absolute atomic E-state index is 13.4. The van der Waals surface area contributed by atoms with Crippen LogP contribution in [0, 0.1) is 11.8 Å². The Hall–Kier alpha value is -3.66. The van der Waals surface area contributed by atoms with Crippen molar-refractivity contribution in [2.45, 2.75) is 44.6 Å². The van der Waals surface area contributed by atoms with Gasteiger partial charge in [-0.25, -0.2) is 4.79 Å². The van der Waals surface area contributed by atoms with Crippen LogP contribution < -0.4 is 5.73 Å². The number of primary amides is 1. The van der Waals surface area contributed by atoms with Gasteiger partial charge in [0.05, 0.1) is 17.7 Å². The molecule has 3 aliphatic rings. The highest BCUT2D eigenvalue weighted by atomic mass is 16.5. The van der Waals surface area contributed by atoms with E-state index in [9.17, 15) is 39.6 Å². The fraction of sp³-hybridized carbons (Fsp3) is 0.417. The molecule has 0 saturated heterocycles. The Bertz CT molecular complexity index is 1200. The maximum atomic E-state index is 13.4. The summed E-state index contributed by atoms with van der Waals surface area (Å²) >= 11 is 0. The zero-order valence-corrected chi connectivity index (χ0v) is 18.5. The van der Waals surface area contributed by atoms with E-state index in [0.29, 0.717) is 6.42 Å². The Kier molecular flexibility index (Phi) is 5.72. The number of phenols is 1. The van der Waals surface area contributed by atoms with Gasteiger partial charge < -0.3 is 30.9 Å². The van der Waals surface area contributed by atoms with E-state index in [1.807, 2.05) is 6.92 Å². The van der Waals surface area contributed by atoms with E-state index in [2.05, 4.69) is 0 Å². The van der Waals surface area contributed by atoms with Crippen LogP contribution in [0.15, 0.2) is 29.0 Å². The Labute approximate surface area is 194 Å². The first-order valence-electron chi connectivity index (χ1n) is 11.0. The number of hydrogen-bond acceptors (Lipinski definition) is 9. The number of aliphatic hydroxyl groups is 3. The van der Waals surface area contributed by atoms with Gasteiger partial charge in [0.2, 0.25) is 5.78 Å². The topological polar surface area (TPSA) is 184 Å². The Morgan fingerprint density at radius 2 is 1.88 bits per heavy atom. The summed E-state index contributed by atoms with van der Waals surface area (Å²) in [7, 11) is 0. The highest BCUT2D eigenvalue weighted by molar-refractivity contribution is 6.22. The van der Waals surface area contributed by atoms with Gasteiger partial charge in [0.1, 0.15) is 22.8 Å². The summed E-state index contributed by atoms with van der Waals surface area (Å²) in [5, 5.41) is 43.2. The molecular formula is C24H25NO9. The first kappa shape index (κ1) is 23.5. The van der Waals surface area contributed by atoms with Crippen LogP contribution in [-0.4, -0.2) is 56.1 Å². The number of hydrogen-bond donors (Lipinski definition) is 5. The number of carbonyl (C=O) groups is 4. The number of benzene rings is 1. The van der Waals surface area contributed by atoms with Gasteiger partial charge in [-0.1, -0.05) is 13.3 Å². The normalized spacial score (nSPS) is 26.1. The molecule has 0 unspecified atom stereocenters. The van der Waals surface area contributed by atoms with Crippen LogP contribution in [0.2, 0.25) is 0 Å². The van der Waals surface area contributed by atoms with Crippen molar-refractivity contribution < 1.29 is 44.3 Å². The molecule has 0 aromatic heterocycles. The molecule has 1 aromatic rings. The molecule has 6 N–H and O–H groups in total. The van der Waals surface area contributed by atoms with Crippen molar-refractivity contribution in [1.82, 2.24) is 0 Å². The van der Waals surface area contributed by atoms with Gasteiger partial charge in [0.15, 0.2) is 11.4 Å². The lowest BCUT2D eigenvalue weighted by molar-refractivity contribution is -0.147. The second-order valence-electron chi connectivity index (χ2n) is 8.88. The number of nitrogens with two attached hydrogens (primary N) is 1. The van der Waals surface area contributed by atoms with Crippen LogP contribution in [0.4, 0.5) is 0 Å². The molecule has 1 saturated carbocycles. The SMILES string of the molecule is CCCCOC(=O)c1ccc(O)c2c1C[C@H]1C[C@H]3CC(=O)C(C(N)=O)=C(O)[C@@]3(O)C(=O)C1=C2O. The van der Waals surface area contributed by atoms with Gasteiger partial charge in [-0.15, -0.1) is 0 Å². The van der Waals surface area contributed by atoms with Gasteiger partial charge in [-0.2, -0.15) is 0 Å². The molecule has 4 rings (SSSR count). The fourth-order valence-electron chi connectivity index (χ4n) is 5.20. The molecule has 0 spiro atoms. The third kappa shape index (κ3) is 3.28. The van der Waals surface area contributed by atoms with Crippen LogP contribution in [-0.2, 0) is 25.5 Å². The summed E-state index contributed by atoms with van der Waals surface area (Å²) in [4.78, 5) is 50.2. The number of amides is 1. The zero-order chi connectivity index (χ0) is 24.9. The predicted molar refractivity (Wildman–Crippen MR) is 117 cm³/mol. The van der Waals surface area contributed by atoms with Crippen LogP contribution in [0.1, 0.15) is 54.1 Å². The molecule has 34 heavy (non-hydrogen) atoms. The molecule has 0 heterocycles. The predicted octanol–water partition coefficient (Wildman–Crippen LogP) is 1.38. The number of rotatable bonds is 5. The third-order valence-electron chi connectivity index (χ3n) is 6.90. The molecule has 1 fully saturated rings. The average molecular weight is 471 g/mol. The number of Topliss-reactive ketones (excluding diaryl/α,β-unsaturated/α-hetero) is 2. The summed E-state index contributed by atoms with van der Waals surface area (Å²) in [5.74, 6) is -7.75. The fourth-order valence-corrected chi connectivity index (χ4v) is 5.20. The molecule has 0 radical (unpaired) electrons. The average Bonchev–Trinajstić information content (AvgIpc) is 2.76. The molecule has 3 aliphatic carbocycles. The molecule has 1 aromatic carbocycles. The van der Waals surface area contributed by atoms with Gasteiger partial charge in [-0.05, 0) is 42.9 Å². The molecule has 10 nitrogen and oxygen atoms in total. The molecule has 0 aliphatic heterocycles. The highest BCUT2D eigenvalue weighted by Gasteiger charge is 2.60. The highest BCUT2D eigenvalue weighted by Crippen LogP contribution is 2.52. The second-order valence-corrected chi connectivity index (χ2v) is 8.88. The molecule has 10 heteroatoms. The number of carbonyl (C=O) groups excluding carboxylic acids is 4. The molecule has 180 valence electrons. The quantitative estimate of drug-likeness (QED) is 0.240. The van der Waals surface area contributed by atoms with E-state index in [4.69, 9.17) is 10.5 Å². The van der Waals surface area contributed by atoms with Crippen LogP contribution in [0.25, 0.3) is 5.76 Å². The molecule has 3 atom stereocenters. The summed E-state index contributed by atoms with van der Waals surface area (Å²) < 4.78 is 5.28. The van der Waals surface area contributed by atoms with Crippen molar-refractivity contribution in [3.8, 4) is 5.75 Å². The van der Waals surface area contributed by atoms with E-state index < -0.39 is 64.4 Å². The number of unbranched alkanes of at least 4 members (excludes halogenated alkanes) is 1. The van der Waals surface area contributed by atoms with Gasteiger partial charge >= 0.3 is 5.97 Å². The van der Waals surface area contributed by atoms with Crippen molar-refractivity contribution >= 4 is 29.2 Å². The minimum atomic E-state index is -2.62. The number of fused-ring (bicyclic) bond motifs is 3. The zero-order valence-electron chi connectivity index (χ0n) is 18.5. The van der Waals surface area contributed by atoms with E-state index >= 15 is 0 Å². The van der Waals surface area contributed by atoms with Crippen molar-refractivity contribution in [3.63, 3.8) is 0 Å². The first-order chi connectivity index (χ1) is 16.0. The minimum Gasteiger partial charge on any atom is -0.508 e. The summed E-state index contributed by atoms with van der Waals surface area (Å²) in [6.07, 6.45) is 1.11. The smallest absolute Gasteiger partial charge is 0.338 e. The second kappa shape index (κ2) is 8.28. The Balaban J connectivity index is 1.84. The van der Waals surface area contributed by atoms with E-state index in [1.54, 1.807) is 0 Å². The number of ether oxygens (including phenoxy) is 1. The lowest BCUT2D eigenvalue weighted by Gasteiger charge is -2.46. The van der Waals surface area contributed by atoms with Crippen molar-refractivity contribution in [1.29, 1.82) is 0 Å². The van der Waals surface area contributed by atoms with Crippen molar-refractivity contribution in [2.24, 2.45) is 17.6 Å². The van der Waals surface area contributed by atoms with Gasteiger partial charge in [0, 0.05) is 17.9 Å². The lowest BCUT2D eigenvalue weighted by atomic mass is 9.59. The van der Waals surface area contributed by atoms with Crippen LogP contribution in [0.3, 0.4) is 0 Å². The largest absolute Gasteiger partial charge is 0.508 e. The summed E-state index contributed by atoms with van der Waals surface area (Å²) in [5.41, 5.74) is 1.70. The first-order valence-corrected chi connectivity index (χ1v) is 11.0. The summed E-state index contributed by atoms with van der Waals surface area (Å²) in [6.45, 7) is 2.14. The molecule has 0 bridgehead atoms. The number of aromatic hydroxyl groups is 1. The molecular weight excluding hydrogens is 446 g/mol.